The number of carbonyl (C=O) groups is 7. The molecule has 2 aliphatic rings. The zero-order valence-electron chi connectivity index (χ0n) is 29.9. The molecule has 1 fully saturated rings. The molecule has 4 rings (SSSR count). The summed E-state index contributed by atoms with van der Waals surface area (Å²) in [5.41, 5.74) is 1.76. The highest BCUT2D eigenvalue weighted by molar-refractivity contribution is 6.11. The van der Waals surface area contributed by atoms with Gasteiger partial charge in [-0.25, -0.2) is 4.39 Å². The lowest BCUT2D eigenvalue weighted by Gasteiger charge is -2.31. The van der Waals surface area contributed by atoms with Crippen LogP contribution in [0.3, 0.4) is 0 Å². The van der Waals surface area contributed by atoms with Gasteiger partial charge in [-0.15, -0.1) is 0 Å². The molecule has 1 spiro atoms. The largest absolute Gasteiger partial charge is 0.354 e. The summed E-state index contributed by atoms with van der Waals surface area (Å²) >= 11 is 0. The van der Waals surface area contributed by atoms with Gasteiger partial charge < -0.3 is 20.3 Å². The standard InChI is InChI=1S/C39H49FN4O7/c1-26(23-41-35(48)18-16-33(47)10-8-6-4-5-7-9-27(2)45)43(24-29-11-13-31(40)14-12-29)37(50)25-44-36(49)22-39(38(44)51)20-19-30-21-32(42-28(3)46)15-17-34(30)39/h11-15,17,21,26H,4-10,16,18-20,22-25H2,1-3H3,(H,41,48)(H,42,46)/t26-,39+/m0/s1. The molecule has 0 bridgehead atoms. The Hall–Kier alpha value is -4.74. The van der Waals surface area contributed by atoms with E-state index in [1.165, 1.54) is 24.0 Å². The van der Waals surface area contributed by atoms with Gasteiger partial charge in [-0.3, -0.25) is 33.7 Å². The predicted molar refractivity (Wildman–Crippen MR) is 189 cm³/mol. The number of aryl methyl sites for hydroxylation is 1. The lowest BCUT2D eigenvalue weighted by atomic mass is 9.80. The molecule has 2 N–H and O–H groups in total. The Morgan fingerprint density at radius 1 is 0.902 bits per heavy atom. The first kappa shape index (κ1) is 39.1. The Bertz CT molecular complexity index is 1640. The van der Waals surface area contributed by atoms with E-state index in [9.17, 15) is 38.0 Å². The minimum absolute atomic E-state index is 0.00539. The van der Waals surface area contributed by atoms with E-state index in [-0.39, 0.29) is 55.7 Å². The zero-order chi connectivity index (χ0) is 37.1. The molecule has 1 heterocycles. The van der Waals surface area contributed by atoms with Crippen molar-refractivity contribution in [2.75, 3.05) is 18.4 Å². The first-order valence-electron chi connectivity index (χ1n) is 17.9. The molecule has 274 valence electrons. The molecule has 1 aliphatic heterocycles. The Morgan fingerprint density at radius 3 is 2.27 bits per heavy atom. The van der Waals surface area contributed by atoms with Crippen molar-refractivity contribution >= 4 is 46.8 Å². The number of Topliss-reactive ketones (excluding diaryl/α,β-unsaturated/α-hetero) is 2. The molecule has 0 aromatic heterocycles. The van der Waals surface area contributed by atoms with Gasteiger partial charge in [0.2, 0.25) is 29.5 Å². The molecule has 1 aliphatic carbocycles. The summed E-state index contributed by atoms with van der Waals surface area (Å²) in [6, 6.07) is 10.4. The highest BCUT2D eigenvalue weighted by Crippen LogP contribution is 2.47. The van der Waals surface area contributed by atoms with Crippen molar-refractivity contribution in [3.05, 3.63) is 65.0 Å². The summed E-state index contributed by atoms with van der Waals surface area (Å²) in [5.74, 6) is -2.19. The number of ketones is 2. The lowest BCUT2D eigenvalue weighted by molar-refractivity contribution is -0.147. The second-order valence-electron chi connectivity index (χ2n) is 13.9. The van der Waals surface area contributed by atoms with Gasteiger partial charge in [0.05, 0.1) is 5.41 Å². The molecule has 0 unspecified atom stereocenters. The number of hydrogen-bond acceptors (Lipinski definition) is 7. The summed E-state index contributed by atoms with van der Waals surface area (Å²) in [7, 11) is 0. The Kier molecular flexibility index (Phi) is 13.8. The van der Waals surface area contributed by atoms with Crippen LogP contribution in [0, 0.1) is 5.82 Å². The summed E-state index contributed by atoms with van der Waals surface area (Å²) in [6.07, 6.45) is 6.43. The number of unbranched alkanes of at least 4 members (excludes halogenated alkanes) is 4. The van der Waals surface area contributed by atoms with E-state index >= 15 is 0 Å². The summed E-state index contributed by atoms with van der Waals surface area (Å²) in [6.45, 7) is 4.36. The lowest BCUT2D eigenvalue weighted by Crippen LogP contribution is -2.50. The normalized spacial score (nSPS) is 17.0. The van der Waals surface area contributed by atoms with Gasteiger partial charge in [0, 0.05) is 63.8 Å². The number of anilines is 1. The fraction of sp³-hybridized carbons (Fsp3) is 0.513. The maximum absolute atomic E-state index is 13.9. The van der Waals surface area contributed by atoms with E-state index in [0.29, 0.717) is 36.9 Å². The smallest absolute Gasteiger partial charge is 0.243 e. The van der Waals surface area contributed by atoms with E-state index in [2.05, 4.69) is 10.6 Å². The van der Waals surface area contributed by atoms with Gasteiger partial charge in [-0.1, -0.05) is 37.5 Å². The van der Waals surface area contributed by atoms with E-state index in [4.69, 9.17) is 0 Å². The molecule has 5 amide bonds. The van der Waals surface area contributed by atoms with Crippen LogP contribution in [0.4, 0.5) is 10.1 Å². The Morgan fingerprint density at radius 2 is 1.59 bits per heavy atom. The average molecular weight is 705 g/mol. The number of nitrogens with zero attached hydrogens (tertiary/aromatic N) is 2. The third-order valence-corrected chi connectivity index (χ3v) is 9.79. The van der Waals surface area contributed by atoms with Crippen molar-refractivity contribution in [1.82, 2.24) is 15.1 Å². The van der Waals surface area contributed by atoms with Crippen molar-refractivity contribution in [2.45, 2.75) is 116 Å². The SMILES string of the molecule is CC(=O)CCCCCCCC(=O)CCC(=O)NC[C@H](C)N(Cc1ccc(F)cc1)C(=O)CN1C(=O)C[C@@]2(CCc3cc(NC(C)=O)ccc32)C1=O. The van der Waals surface area contributed by atoms with E-state index < -0.39 is 41.5 Å². The number of halogens is 1. The van der Waals surface area contributed by atoms with Gasteiger partial charge in [0.1, 0.15) is 23.9 Å². The number of likely N-dealkylation sites (tertiary alicyclic amines) is 1. The minimum Gasteiger partial charge on any atom is -0.354 e. The molecule has 12 heteroatoms. The molecule has 0 radical (unpaired) electrons. The van der Waals surface area contributed by atoms with Gasteiger partial charge in [-0.05, 0) is 80.5 Å². The number of amides is 5. The number of carbonyl (C=O) groups excluding carboxylic acids is 7. The highest BCUT2D eigenvalue weighted by atomic mass is 19.1. The second-order valence-corrected chi connectivity index (χ2v) is 13.9. The van der Waals surface area contributed by atoms with Crippen LogP contribution in [-0.2, 0) is 51.9 Å². The quantitative estimate of drug-likeness (QED) is 0.156. The highest BCUT2D eigenvalue weighted by Gasteiger charge is 2.55. The maximum Gasteiger partial charge on any atom is 0.243 e. The van der Waals surface area contributed by atoms with Crippen LogP contribution < -0.4 is 10.6 Å². The summed E-state index contributed by atoms with van der Waals surface area (Å²) in [5, 5.41) is 5.54. The second kappa shape index (κ2) is 18.0. The third kappa shape index (κ3) is 10.6. The first-order chi connectivity index (χ1) is 24.3. The number of fused-ring (bicyclic) bond motifs is 2. The van der Waals surface area contributed by atoms with Crippen molar-refractivity contribution in [1.29, 1.82) is 0 Å². The minimum atomic E-state index is -1.07. The van der Waals surface area contributed by atoms with Crippen LogP contribution >= 0.6 is 0 Å². The fourth-order valence-corrected chi connectivity index (χ4v) is 6.96. The summed E-state index contributed by atoms with van der Waals surface area (Å²) < 4.78 is 13.7. The fourth-order valence-electron chi connectivity index (χ4n) is 6.96. The number of hydrogen-bond donors (Lipinski definition) is 2. The van der Waals surface area contributed by atoms with E-state index in [1.54, 1.807) is 38.1 Å². The Labute approximate surface area is 298 Å². The monoisotopic (exact) mass is 704 g/mol. The van der Waals surface area contributed by atoms with Crippen LogP contribution in [-0.4, -0.2) is 70.0 Å². The number of rotatable bonds is 19. The molecule has 1 saturated heterocycles. The molecule has 51 heavy (non-hydrogen) atoms. The Balaban J connectivity index is 1.34. The number of benzene rings is 2. The predicted octanol–water partition coefficient (Wildman–Crippen LogP) is 4.93. The molecule has 0 saturated carbocycles. The maximum atomic E-state index is 13.9. The van der Waals surface area contributed by atoms with Crippen LogP contribution in [0.1, 0.15) is 108 Å². The molecular formula is C39H49FN4O7. The zero-order valence-corrected chi connectivity index (χ0v) is 29.9. The molecule has 11 nitrogen and oxygen atoms in total. The van der Waals surface area contributed by atoms with Gasteiger partial charge in [-0.2, -0.15) is 0 Å². The van der Waals surface area contributed by atoms with Crippen molar-refractivity contribution in [3.63, 3.8) is 0 Å². The third-order valence-electron chi connectivity index (χ3n) is 9.79. The molecule has 2 atom stereocenters. The van der Waals surface area contributed by atoms with E-state index in [1.807, 2.05) is 6.07 Å². The average Bonchev–Trinajstić information content (AvgIpc) is 3.56. The van der Waals surface area contributed by atoms with Gasteiger partial charge >= 0.3 is 0 Å². The van der Waals surface area contributed by atoms with Crippen LogP contribution in [0.25, 0.3) is 0 Å². The van der Waals surface area contributed by atoms with Crippen molar-refractivity contribution < 1.29 is 38.0 Å². The van der Waals surface area contributed by atoms with Gasteiger partial charge in [0.15, 0.2) is 0 Å². The first-order valence-corrected chi connectivity index (χ1v) is 17.9. The van der Waals surface area contributed by atoms with Crippen molar-refractivity contribution in [2.24, 2.45) is 0 Å². The van der Waals surface area contributed by atoms with Crippen LogP contribution in [0.15, 0.2) is 42.5 Å². The molecule has 2 aromatic carbocycles. The summed E-state index contributed by atoms with van der Waals surface area (Å²) in [4.78, 5) is 91.1. The topological polar surface area (TPSA) is 150 Å². The van der Waals surface area contributed by atoms with Crippen LogP contribution in [0.5, 0.6) is 0 Å². The van der Waals surface area contributed by atoms with Crippen LogP contribution in [0.2, 0.25) is 0 Å². The van der Waals surface area contributed by atoms with Gasteiger partial charge in [0.25, 0.3) is 0 Å². The molecule has 2 aromatic rings. The number of nitrogens with one attached hydrogen (secondary N) is 2. The van der Waals surface area contributed by atoms with Crippen molar-refractivity contribution in [3.8, 4) is 0 Å². The molecular weight excluding hydrogens is 655 g/mol. The number of imide groups is 1. The van der Waals surface area contributed by atoms with E-state index in [0.717, 1.165) is 48.1 Å².